The average Bonchev–Trinajstić information content (AvgIpc) is 2.47. The molecule has 0 saturated carbocycles. The summed E-state index contributed by atoms with van der Waals surface area (Å²) in [6.45, 7) is 0. The van der Waals surface area contributed by atoms with E-state index >= 15 is 0 Å². The van der Waals surface area contributed by atoms with Gasteiger partial charge in [0, 0.05) is 6.42 Å². The van der Waals surface area contributed by atoms with Crippen molar-refractivity contribution in [1.29, 1.82) is 0 Å². The van der Waals surface area contributed by atoms with Crippen LogP contribution in [0.4, 0.5) is 0 Å². The molecule has 2 N–H and O–H groups in total. The molecule has 0 saturated heterocycles. The maximum atomic E-state index is 11.0. The maximum absolute atomic E-state index is 11.0. The molecule has 0 radical (unpaired) electrons. The molecule has 0 bridgehead atoms. The first-order valence-electron chi connectivity index (χ1n) is 4.05. The molecule has 1 aromatic heterocycles. The Balaban J connectivity index is 2.70. The molecule has 4 nitrogen and oxygen atoms in total. The van der Waals surface area contributed by atoms with Crippen LogP contribution in [0.25, 0.3) is 11.0 Å². The highest BCUT2D eigenvalue weighted by atomic mass is 35.5. The number of nitrogens with one attached hydrogen (secondary N) is 2. The van der Waals surface area contributed by atoms with E-state index in [1.54, 1.807) is 12.1 Å². The van der Waals surface area contributed by atoms with Crippen LogP contribution in [0, 0.1) is 0 Å². The lowest BCUT2D eigenvalue weighted by Gasteiger charge is -1.97. The number of carbonyl (C=O) groups excluding carboxylic acids is 1. The van der Waals surface area contributed by atoms with Crippen molar-refractivity contribution in [2.45, 2.75) is 6.42 Å². The molecule has 2 rings (SSSR count). The van der Waals surface area contributed by atoms with Gasteiger partial charge in [0.25, 0.3) is 0 Å². The quantitative estimate of drug-likeness (QED) is 0.733. The molecule has 72 valence electrons. The normalized spacial score (nSPS) is 10.6. The van der Waals surface area contributed by atoms with E-state index in [9.17, 15) is 9.59 Å². The number of rotatable bonds is 2. The first kappa shape index (κ1) is 9.02. The van der Waals surface area contributed by atoms with Gasteiger partial charge in [-0.3, -0.25) is 0 Å². The number of aldehydes is 1. The molecule has 1 aromatic carbocycles. The molecule has 0 fully saturated rings. The molecule has 0 amide bonds. The van der Waals surface area contributed by atoms with E-state index < -0.39 is 0 Å². The molecule has 1 heterocycles. The Morgan fingerprint density at radius 2 is 2.14 bits per heavy atom. The van der Waals surface area contributed by atoms with Crippen molar-refractivity contribution in [2.24, 2.45) is 0 Å². The van der Waals surface area contributed by atoms with Crippen LogP contribution in [-0.2, 0) is 11.2 Å². The van der Waals surface area contributed by atoms with Crippen LogP contribution in [0.5, 0.6) is 0 Å². The van der Waals surface area contributed by atoms with E-state index in [1.165, 1.54) is 0 Å². The van der Waals surface area contributed by atoms with Crippen molar-refractivity contribution in [2.75, 3.05) is 0 Å². The number of halogens is 1. The van der Waals surface area contributed by atoms with E-state index in [4.69, 9.17) is 11.6 Å². The van der Waals surface area contributed by atoms with Crippen molar-refractivity contribution in [1.82, 2.24) is 9.97 Å². The van der Waals surface area contributed by atoms with Crippen LogP contribution in [0.15, 0.2) is 16.9 Å². The number of hydrogen-bond acceptors (Lipinski definition) is 2. The third-order valence-corrected chi connectivity index (χ3v) is 2.25. The van der Waals surface area contributed by atoms with Crippen LogP contribution >= 0.6 is 11.6 Å². The predicted octanol–water partition coefficient (Wildman–Crippen LogP) is 1.25. The fourth-order valence-corrected chi connectivity index (χ4v) is 1.66. The number of aromatic nitrogens is 2. The minimum Gasteiger partial charge on any atom is -0.306 e. The van der Waals surface area contributed by atoms with E-state index in [-0.39, 0.29) is 5.69 Å². The summed E-state index contributed by atoms with van der Waals surface area (Å²) in [4.78, 5) is 26.4. The lowest BCUT2D eigenvalue weighted by atomic mass is 10.1. The third-order valence-electron chi connectivity index (χ3n) is 1.96. The van der Waals surface area contributed by atoms with Gasteiger partial charge in [-0.15, -0.1) is 0 Å². The number of hydrogen-bond donors (Lipinski definition) is 2. The van der Waals surface area contributed by atoms with Crippen LogP contribution in [-0.4, -0.2) is 16.3 Å². The van der Waals surface area contributed by atoms with Crippen molar-refractivity contribution < 1.29 is 4.79 Å². The highest BCUT2D eigenvalue weighted by Gasteiger charge is 2.04. The van der Waals surface area contributed by atoms with Crippen molar-refractivity contribution in [3.8, 4) is 0 Å². The lowest BCUT2D eigenvalue weighted by molar-refractivity contribution is -0.107. The van der Waals surface area contributed by atoms with E-state index in [0.29, 0.717) is 22.5 Å². The minimum absolute atomic E-state index is 0.295. The molecule has 0 atom stereocenters. The monoisotopic (exact) mass is 210 g/mol. The predicted molar refractivity (Wildman–Crippen MR) is 53.7 cm³/mol. The van der Waals surface area contributed by atoms with Crippen LogP contribution in [0.2, 0.25) is 5.02 Å². The zero-order valence-electron chi connectivity index (χ0n) is 7.13. The molecule has 0 aliphatic rings. The second kappa shape index (κ2) is 3.31. The van der Waals surface area contributed by atoms with Gasteiger partial charge in [0.05, 0.1) is 16.1 Å². The molecule has 0 aliphatic carbocycles. The van der Waals surface area contributed by atoms with Gasteiger partial charge in [-0.05, 0) is 17.7 Å². The van der Waals surface area contributed by atoms with Crippen LogP contribution in [0.3, 0.4) is 0 Å². The number of H-pyrrole nitrogens is 2. The van der Waals surface area contributed by atoms with Crippen LogP contribution < -0.4 is 5.69 Å². The van der Waals surface area contributed by atoms with Gasteiger partial charge in [-0.1, -0.05) is 11.6 Å². The Morgan fingerprint density at radius 1 is 1.36 bits per heavy atom. The second-order valence-corrected chi connectivity index (χ2v) is 3.36. The Labute approximate surface area is 83.9 Å². The number of aromatic amines is 2. The zero-order valence-corrected chi connectivity index (χ0v) is 7.89. The summed E-state index contributed by atoms with van der Waals surface area (Å²) >= 11 is 5.91. The first-order valence-corrected chi connectivity index (χ1v) is 4.42. The third kappa shape index (κ3) is 1.44. The SMILES string of the molecule is O=CCc1cc(Cl)c2[nH]c(=O)[nH]c2c1. The molecule has 0 unspecified atom stereocenters. The summed E-state index contributed by atoms with van der Waals surface area (Å²) in [5.74, 6) is 0. The van der Waals surface area contributed by atoms with E-state index in [1.807, 2.05) is 0 Å². The summed E-state index contributed by atoms with van der Waals surface area (Å²) in [7, 11) is 0. The van der Waals surface area contributed by atoms with Gasteiger partial charge in [0.2, 0.25) is 0 Å². The summed E-state index contributed by atoms with van der Waals surface area (Å²) in [6.07, 6.45) is 1.09. The number of fused-ring (bicyclic) bond motifs is 1. The van der Waals surface area contributed by atoms with Gasteiger partial charge in [-0.25, -0.2) is 4.79 Å². The molecular weight excluding hydrogens is 204 g/mol. The Morgan fingerprint density at radius 3 is 2.86 bits per heavy atom. The van der Waals surface area contributed by atoms with Gasteiger partial charge in [0.15, 0.2) is 0 Å². The Hall–Kier alpha value is -1.55. The van der Waals surface area contributed by atoms with Gasteiger partial charge in [0.1, 0.15) is 6.29 Å². The number of imidazole rings is 1. The van der Waals surface area contributed by atoms with Crippen molar-refractivity contribution in [3.05, 3.63) is 33.2 Å². The Bertz CT molecular complexity index is 541. The van der Waals surface area contributed by atoms with Gasteiger partial charge >= 0.3 is 5.69 Å². The standard InChI is InChI=1S/C9H7ClN2O2/c10-6-3-5(1-2-13)4-7-8(6)12-9(14)11-7/h2-4H,1H2,(H2,11,12,14). The molecule has 5 heteroatoms. The van der Waals surface area contributed by atoms with Crippen LogP contribution in [0.1, 0.15) is 5.56 Å². The van der Waals surface area contributed by atoms with Gasteiger partial charge in [-0.2, -0.15) is 0 Å². The fraction of sp³-hybridized carbons (Fsp3) is 0.111. The molecular formula is C9H7ClN2O2. The Kier molecular flexibility index (Phi) is 2.13. The maximum Gasteiger partial charge on any atom is 0.323 e. The minimum atomic E-state index is -0.301. The summed E-state index contributed by atoms with van der Waals surface area (Å²) in [5, 5.41) is 0.442. The van der Waals surface area contributed by atoms with Crippen molar-refractivity contribution >= 4 is 28.9 Å². The van der Waals surface area contributed by atoms with E-state index in [2.05, 4.69) is 9.97 Å². The first-order chi connectivity index (χ1) is 6.70. The smallest absolute Gasteiger partial charge is 0.306 e. The summed E-state index contributed by atoms with van der Waals surface area (Å²) in [5.41, 5.74) is 1.68. The summed E-state index contributed by atoms with van der Waals surface area (Å²) < 4.78 is 0. The lowest BCUT2D eigenvalue weighted by Crippen LogP contribution is -1.99. The second-order valence-electron chi connectivity index (χ2n) is 2.95. The van der Waals surface area contributed by atoms with E-state index in [0.717, 1.165) is 11.8 Å². The largest absolute Gasteiger partial charge is 0.323 e. The molecule has 0 spiro atoms. The van der Waals surface area contributed by atoms with Gasteiger partial charge < -0.3 is 14.8 Å². The topological polar surface area (TPSA) is 65.7 Å². The highest BCUT2D eigenvalue weighted by Crippen LogP contribution is 2.21. The molecule has 0 aliphatic heterocycles. The molecule has 2 aromatic rings. The summed E-state index contributed by atoms with van der Waals surface area (Å²) in [6, 6.07) is 3.40. The number of carbonyl (C=O) groups is 1. The van der Waals surface area contributed by atoms with Crippen molar-refractivity contribution in [3.63, 3.8) is 0 Å². The highest BCUT2D eigenvalue weighted by molar-refractivity contribution is 6.35. The average molecular weight is 211 g/mol. The zero-order chi connectivity index (χ0) is 10.1. The fourth-order valence-electron chi connectivity index (χ4n) is 1.37. The molecule has 14 heavy (non-hydrogen) atoms. The number of benzene rings is 1.